The van der Waals surface area contributed by atoms with Crippen LogP contribution in [0.5, 0.6) is 0 Å². The Hall–Kier alpha value is 0.639. The summed E-state index contributed by atoms with van der Waals surface area (Å²) in [4.78, 5) is 2.34. The molecule has 1 unspecified atom stereocenters. The molecule has 1 atom stereocenters. The van der Waals surface area contributed by atoms with E-state index in [1.807, 2.05) is 0 Å². The van der Waals surface area contributed by atoms with Gasteiger partial charge in [-0.15, -0.1) is 0 Å². The average molecular weight is 323 g/mol. The average Bonchev–Trinajstić information content (AvgIpc) is 2.02. The number of rotatable bonds is 5. The molecular weight excluding hydrogens is 295 g/mol. The third-order valence-electron chi connectivity index (χ3n) is 3.31. The van der Waals surface area contributed by atoms with Gasteiger partial charge in [-0.25, -0.2) is 0 Å². The molecule has 5 heteroatoms. The molecule has 15 heavy (non-hydrogen) atoms. The number of hydrogen-bond donors (Lipinski definition) is 0. The van der Waals surface area contributed by atoms with Gasteiger partial charge >= 0.3 is 101 Å². The van der Waals surface area contributed by atoms with E-state index in [9.17, 15) is 0 Å². The second-order valence-electron chi connectivity index (χ2n) is 5.01. The third-order valence-corrected chi connectivity index (χ3v) is 19.3. The van der Waals surface area contributed by atoms with Crippen LogP contribution in [0.15, 0.2) is 0 Å². The van der Waals surface area contributed by atoms with Crippen molar-refractivity contribution in [2.75, 3.05) is 56.4 Å². The van der Waals surface area contributed by atoms with Gasteiger partial charge in [-0.2, -0.15) is 0 Å². The third kappa shape index (κ3) is 2.85. The van der Waals surface area contributed by atoms with E-state index in [-0.39, 0.29) is 0 Å². The fourth-order valence-corrected chi connectivity index (χ4v) is 17.9. The molecule has 0 bridgehead atoms. The van der Waals surface area contributed by atoms with E-state index in [0.29, 0.717) is 4.06 Å². The first kappa shape index (κ1) is 15.6. The number of nitrogens with zero attached hydrogens (tertiary/aromatic N) is 4. The van der Waals surface area contributed by atoms with Crippen molar-refractivity contribution in [3.8, 4) is 0 Å². The summed E-state index contributed by atoms with van der Waals surface area (Å²) in [6.45, 7) is 2.34. The first-order chi connectivity index (χ1) is 6.68. The van der Waals surface area contributed by atoms with Gasteiger partial charge in [-0.1, -0.05) is 0 Å². The van der Waals surface area contributed by atoms with Gasteiger partial charge in [0.2, 0.25) is 0 Å². The zero-order valence-electron chi connectivity index (χ0n) is 11.9. The molecule has 0 fully saturated rings. The normalized spacial score (nSPS) is 15.8. The summed E-state index contributed by atoms with van der Waals surface area (Å²) in [5, 5.41) is 0. The van der Waals surface area contributed by atoms with Crippen LogP contribution in [0, 0.1) is 0 Å². The Kier molecular flexibility index (Phi) is 6.06. The molecule has 92 valence electrons. The van der Waals surface area contributed by atoms with Gasteiger partial charge in [0, 0.05) is 0 Å². The van der Waals surface area contributed by atoms with Crippen LogP contribution in [0.25, 0.3) is 0 Å². The molecule has 4 nitrogen and oxygen atoms in total. The first-order valence-corrected chi connectivity index (χ1v) is 10.8. The molecule has 0 rings (SSSR count). The fourth-order valence-electron chi connectivity index (χ4n) is 2.67. The van der Waals surface area contributed by atoms with E-state index in [0.717, 1.165) is 0 Å². The van der Waals surface area contributed by atoms with E-state index in [1.165, 1.54) is 0 Å². The molecule has 0 heterocycles. The van der Waals surface area contributed by atoms with Crippen LogP contribution in [0.2, 0.25) is 0 Å². The van der Waals surface area contributed by atoms with Gasteiger partial charge in [0.15, 0.2) is 0 Å². The van der Waals surface area contributed by atoms with Crippen LogP contribution >= 0.6 is 0 Å². The van der Waals surface area contributed by atoms with Crippen LogP contribution < -0.4 is 0 Å². The summed E-state index contributed by atoms with van der Waals surface area (Å²) in [6.07, 6.45) is 0. The Morgan fingerprint density at radius 1 is 0.667 bits per heavy atom. The molecule has 0 aliphatic rings. The SMILES string of the molecule is C[CH](N(C)C)[Sn]([N](C)C)([N](C)C)[N](C)C. The molecule has 0 amide bonds. The van der Waals surface area contributed by atoms with Crippen molar-refractivity contribution in [3.63, 3.8) is 0 Å². The van der Waals surface area contributed by atoms with Gasteiger partial charge in [-0.05, 0) is 0 Å². The van der Waals surface area contributed by atoms with E-state index >= 15 is 0 Å². The van der Waals surface area contributed by atoms with Crippen molar-refractivity contribution in [3.05, 3.63) is 0 Å². The van der Waals surface area contributed by atoms with Crippen LogP contribution in [0.4, 0.5) is 0 Å². The first-order valence-electron chi connectivity index (χ1n) is 5.37. The molecule has 0 aromatic rings. The van der Waals surface area contributed by atoms with E-state index in [1.54, 1.807) is 0 Å². The Morgan fingerprint density at radius 3 is 1.00 bits per heavy atom. The molecule has 0 aliphatic heterocycles. The van der Waals surface area contributed by atoms with Crippen LogP contribution in [-0.4, -0.2) is 93.9 Å². The van der Waals surface area contributed by atoms with E-state index in [2.05, 4.69) is 77.6 Å². The molecule has 0 aliphatic carbocycles. The summed E-state index contributed by atoms with van der Waals surface area (Å²) in [6, 6.07) is 0. The van der Waals surface area contributed by atoms with Crippen LogP contribution in [0.1, 0.15) is 6.92 Å². The van der Waals surface area contributed by atoms with Crippen molar-refractivity contribution in [1.82, 2.24) is 14.3 Å². The van der Waals surface area contributed by atoms with Gasteiger partial charge in [-0.3, -0.25) is 0 Å². The van der Waals surface area contributed by atoms with Crippen molar-refractivity contribution in [1.29, 1.82) is 0 Å². The fraction of sp³-hybridized carbons (Fsp3) is 1.00. The second kappa shape index (κ2) is 5.82. The monoisotopic (exact) mass is 324 g/mol. The molecule has 0 aromatic heterocycles. The summed E-state index contributed by atoms with van der Waals surface area (Å²) in [7, 11) is 17.7. The minimum absolute atomic E-state index is 0.610. The zero-order valence-corrected chi connectivity index (χ0v) is 14.7. The summed E-state index contributed by atoms with van der Waals surface area (Å²) < 4.78 is 8.03. The molecule has 0 N–H and O–H groups in total. The Morgan fingerprint density at radius 2 is 0.933 bits per heavy atom. The predicted octanol–water partition coefficient (Wildman–Crippen LogP) is 0.0994. The van der Waals surface area contributed by atoms with Crippen LogP contribution in [-0.2, 0) is 0 Å². The van der Waals surface area contributed by atoms with Gasteiger partial charge < -0.3 is 0 Å². The maximum atomic E-state index is 2.47. The Bertz CT molecular complexity index is 170. The van der Waals surface area contributed by atoms with Gasteiger partial charge in [0.25, 0.3) is 0 Å². The summed E-state index contributed by atoms with van der Waals surface area (Å²) >= 11 is -2.63. The molecule has 0 aromatic carbocycles. The van der Waals surface area contributed by atoms with Gasteiger partial charge in [0.05, 0.1) is 0 Å². The summed E-state index contributed by atoms with van der Waals surface area (Å²) in [5.74, 6) is 0. The maximum absolute atomic E-state index is 2.63. The molecule has 0 saturated heterocycles. The zero-order chi connectivity index (χ0) is 12.4. The predicted molar refractivity (Wildman–Crippen MR) is 70.0 cm³/mol. The van der Waals surface area contributed by atoms with Crippen molar-refractivity contribution >= 4 is 19.2 Å². The Labute approximate surface area is 101 Å². The van der Waals surface area contributed by atoms with Crippen molar-refractivity contribution in [2.45, 2.75) is 11.0 Å². The van der Waals surface area contributed by atoms with Crippen molar-refractivity contribution < 1.29 is 0 Å². The van der Waals surface area contributed by atoms with Gasteiger partial charge in [0.1, 0.15) is 0 Å². The molecule has 0 saturated carbocycles. The van der Waals surface area contributed by atoms with Crippen LogP contribution in [0.3, 0.4) is 0 Å². The van der Waals surface area contributed by atoms with Crippen molar-refractivity contribution in [2.24, 2.45) is 0 Å². The second-order valence-corrected chi connectivity index (χ2v) is 19.0. The molecule has 0 radical (unpaired) electrons. The molecular formula is C10H28N4Sn. The topological polar surface area (TPSA) is 13.0 Å². The standard InChI is InChI=1S/C4H10N.3C2H6N.Sn/c1-4-5(2)3;3*1-3-2;/h4H,1-3H3;3*1-2H3;/q;3*-1;+3. The quantitative estimate of drug-likeness (QED) is 0.666. The summed E-state index contributed by atoms with van der Waals surface area (Å²) in [5.41, 5.74) is 0. The molecule has 0 spiro atoms. The van der Waals surface area contributed by atoms with E-state index in [4.69, 9.17) is 0 Å². The van der Waals surface area contributed by atoms with E-state index < -0.39 is 19.2 Å². The minimum atomic E-state index is -2.63. The number of hydrogen-bond acceptors (Lipinski definition) is 4. The Balaban J connectivity index is 5.32.